The normalized spacial score (nSPS) is 26.3. The summed E-state index contributed by atoms with van der Waals surface area (Å²) in [6.45, 7) is 0.807. The summed E-state index contributed by atoms with van der Waals surface area (Å²) < 4.78 is 80.0. The van der Waals surface area contributed by atoms with Gasteiger partial charge in [-0.1, -0.05) is 0 Å². The van der Waals surface area contributed by atoms with Crippen molar-refractivity contribution in [2.24, 2.45) is 17.8 Å². The van der Waals surface area contributed by atoms with E-state index in [1.54, 1.807) is 48.5 Å². The Morgan fingerprint density at radius 1 is 0.339 bits per heavy atom. The summed E-state index contributed by atoms with van der Waals surface area (Å²) in [5.74, 6) is 5.17. The molecule has 9 heteroatoms. The van der Waals surface area contributed by atoms with E-state index in [0.717, 1.165) is 121 Å². The van der Waals surface area contributed by atoms with Crippen LogP contribution in [0.5, 0.6) is 23.0 Å². The molecule has 0 spiro atoms. The van der Waals surface area contributed by atoms with Crippen LogP contribution in [0.15, 0.2) is 72.8 Å². The lowest BCUT2D eigenvalue weighted by Crippen LogP contribution is -2.27. The number of hydrogen-bond donors (Lipinski definition) is 0. The van der Waals surface area contributed by atoms with Crippen LogP contribution >= 0.6 is 0 Å². The molecule has 4 aromatic carbocycles. The Labute approximate surface area is 326 Å². The average Bonchev–Trinajstić information content (AvgIpc) is 4.02. The minimum absolute atomic E-state index is 0.155. The van der Waals surface area contributed by atoms with Gasteiger partial charge in [0.1, 0.15) is 76.8 Å². The molecular weight excluding hydrogens is 721 g/mol. The van der Waals surface area contributed by atoms with Crippen LogP contribution in [0.2, 0.25) is 0 Å². The fourth-order valence-electron chi connectivity index (χ4n) is 8.44. The molecule has 0 bridgehead atoms. The summed E-state index contributed by atoms with van der Waals surface area (Å²) in [6, 6.07) is 19.2. The van der Waals surface area contributed by atoms with Crippen molar-refractivity contribution in [3.8, 4) is 23.0 Å². The molecule has 5 atom stereocenters. The van der Waals surface area contributed by atoms with Crippen molar-refractivity contribution in [3.63, 3.8) is 0 Å². The Kier molecular flexibility index (Phi) is 10.9. The maximum atomic E-state index is 12.9. The molecule has 56 heavy (non-hydrogen) atoms. The Hall–Kier alpha value is -4.24. The molecule has 5 aliphatic heterocycles. The van der Waals surface area contributed by atoms with Gasteiger partial charge >= 0.3 is 0 Å². The number of hydrogen-bond acceptors (Lipinski definition) is 5. The third kappa shape index (κ3) is 9.47. The van der Waals surface area contributed by atoms with Crippen LogP contribution in [0.3, 0.4) is 0 Å². The topological polar surface area (TPSA) is 49.5 Å². The van der Waals surface area contributed by atoms with E-state index >= 15 is 0 Å². The molecule has 0 unspecified atom stereocenters. The zero-order chi connectivity index (χ0) is 38.2. The van der Waals surface area contributed by atoms with Gasteiger partial charge in [-0.15, -0.1) is 0 Å². The van der Waals surface area contributed by atoms with Gasteiger partial charge in [0.25, 0.3) is 0 Å². The van der Waals surface area contributed by atoms with Crippen molar-refractivity contribution in [2.75, 3.05) is 6.61 Å². The van der Waals surface area contributed by atoms with Crippen molar-refractivity contribution in [1.82, 2.24) is 0 Å². The van der Waals surface area contributed by atoms with Crippen molar-refractivity contribution in [1.29, 1.82) is 0 Å². The molecule has 4 fully saturated rings. The highest BCUT2D eigenvalue weighted by molar-refractivity contribution is 5.38. The Balaban J connectivity index is 0.0000000975. The number of benzene rings is 4. The maximum absolute atomic E-state index is 12.9. The second-order valence-electron chi connectivity index (χ2n) is 16.7. The van der Waals surface area contributed by atoms with Crippen LogP contribution in [0.1, 0.15) is 86.5 Å². The largest absolute Gasteiger partial charge is 0.490 e. The molecule has 8 aliphatic rings. The Morgan fingerprint density at radius 2 is 0.607 bits per heavy atom. The standard InChI is InChI=1S/3C12H13FO.C11H11FO2/c3*13-10-4-6-12-9(7-10)3-5-11(14-12)8-1-2-8;12-8-2-4-9-7(5-8)1-3-10(14-9)11-6-13-11/h3*4,6-8,11H,1-3,5H2;2,4-5,10-11H,1,3,6H2/t3*11-;10-,11-/m1001/s1. The zero-order valence-electron chi connectivity index (χ0n) is 31.7. The quantitative estimate of drug-likeness (QED) is 0.153. The minimum Gasteiger partial charge on any atom is -0.490 e. The molecule has 5 heterocycles. The summed E-state index contributed by atoms with van der Waals surface area (Å²) in [6.07, 6.45) is 17.4. The summed E-state index contributed by atoms with van der Waals surface area (Å²) in [5, 5.41) is 0. The van der Waals surface area contributed by atoms with Crippen molar-refractivity contribution in [2.45, 2.75) is 120 Å². The van der Waals surface area contributed by atoms with Gasteiger partial charge in [0, 0.05) is 0 Å². The lowest BCUT2D eigenvalue weighted by atomic mass is 10.00. The first-order valence-electron chi connectivity index (χ1n) is 20.7. The van der Waals surface area contributed by atoms with Crippen LogP contribution in [-0.2, 0) is 30.4 Å². The third-order valence-corrected chi connectivity index (χ3v) is 12.2. The number of halogens is 4. The predicted octanol–water partition coefficient (Wildman–Crippen LogP) is 10.7. The van der Waals surface area contributed by atoms with Gasteiger partial charge in [-0.25, -0.2) is 17.6 Å². The zero-order valence-corrected chi connectivity index (χ0v) is 31.7. The first-order valence-corrected chi connectivity index (χ1v) is 20.7. The van der Waals surface area contributed by atoms with Gasteiger partial charge in [0.05, 0.1) is 6.61 Å². The van der Waals surface area contributed by atoms with Gasteiger partial charge in [-0.2, -0.15) is 0 Å². The molecule has 0 N–H and O–H groups in total. The predicted molar refractivity (Wildman–Crippen MR) is 204 cm³/mol. The van der Waals surface area contributed by atoms with E-state index in [9.17, 15) is 17.6 Å². The van der Waals surface area contributed by atoms with Crippen LogP contribution in [0, 0.1) is 41.0 Å². The van der Waals surface area contributed by atoms with E-state index in [0.29, 0.717) is 18.3 Å². The summed E-state index contributed by atoms with van der Waals surface area (Å²) in [5.41, 5.74) is 4.06. The van der Waals surface area contributed by atoms with Crippen molar-refractivity contribution < 1.29 is 41.2 Å². The molecule has 1 saturated heterocycles. The van der Waals surface area contributed by atoms with Gasteiger partial charge in [-0.3, -0.25) is 0 Å². The molecule has 4 aromatic rings. The maximum Gasteiger partial charge on any atom is 0.127 e. The number of epoxide rings is 1. The van der Waals surface area contributed by atoms with E-state index in [4.69, 9.17) is 23.7 Å². The van der Waals surface area contributed by atoms with Crippen LogP contribution in [0.4, 0.5) is 17.6 Å². The second kappa shape index (κ2) is 16.3. The first kappa shape index (κ1) is 37.3. The van der Waals surface area contributed by atoms with Gasteiger partial charge < -0.3 is 23.7 Å². The molecule has 12 rings (SSSR count). The van der Waals surface area contributed by atoms with E-state index in [1.165, 1.54) is 62.8 Å². The summed E-state index contributed by atoms with van der Waals surface area (Å²) >= 11 is 0. The Bertz CT molecular complexity index is 1720. The minimum atomic E-state index is -0.187. The molecule has 5 nitrogen and oxygen atoms in total. The summed E-state index contributed by atoms with van der Waals surface area (Å²) in [7, 11) is 0. The molecular formula is C47H50F4O5. The van der Waals surface area contributed by atoms with E-state index in [1.807, 2.05) is 0 Å². The highest BCUT2D eigenvalue weighted by Crippen LogP contribution is 2.43. The molecule has 0 aromatic heterocycles. The number of rotatable bonds is 4. The van der Waals surface area contributed by atoms with Crippen molar-refractivity contribution >= 4 is 0 Å². The van der Waals surface area contributed by atoms with Crippen LogP contribution in [0.25, 0.3) is 0 Å². The van der Waals surface area contributed by atoms with Crippen LogP contribution < -0.4 is 18.9 Å². The van der Waals surface area contributed by atoms with Gasteiger partial charge in [-0.05, 0) is 203 Å². The van der Waals surface area contributed by atoms with Gasteiger partial charge in [0.2, 0.25) is 0 Å². The second-order valence-corrected chi connectivity index (χ2v) is 16.7. The summed E-state index contributed by atoms with van der Waals surface area (Å²) in [4.78, 5) is 0. The van der Waals surface area contributed by atoms with E-state index < -0.39 is 0 Å². The molecule has 3 saturated carbocycles. The van der Waals surface area contributed by atoms with E-state index in [2.05, 4.69) is 0 Å². The smallest absolute Gasteiger partial charge is 0.127 e. The lowest BCUT2D eigenvalue weighted by molar-refractivity contribution is 0.136. The Morgan fingerprint density at radius 3 is 0.875 bits per heavy atom. The monoisotopic (exact) mass is 770 g/mol. The molecule has 0 amide bonds. The fourth-order valence-corrected chi connectivity index (χ4v) is 8.44. The number of aryl methyl sites for hydroxylation is 4. The number of fused-ring (bicyclic) bond motifs is 4. The molecule has 0 radical (unpaired) electrons. The third-order valence-electron chi connectivity index (χ3n) is 12.2. The van der Waals surface area contributed by atoms with Crippen molar-refractivity contribution in [3.05, 3.63) is 118 Å². The lowest BCUT2D eigenvalue weighted by Gasteiger charge is -2.25. The van der Waals surface area contributed by atoms with E-state index in [-0.39, 0.29) is 35.5 Å². The fraction of sp³-hybridized carbons (Fsp3) is 0.489. The van der Waals surface area contributed by atoms with Crippen LogP contribution in [-0.4, -0.2) is 37.1 Å². The first-order chi connectivity index (χ1) is 27.3. The van der Waals surface area contributed by atoms with Gasteiger partial charge in [0.15, 0.2) is 0 Å². The number of ether oxygens (including phenoxy) is 5. The highest BCUT2D eigenvalue weighted by atomic mass is 19.1. The molecule has 3 aliphatic carbocycles. The molecule has 296 valence electrons. The highest BCUT2D eigenvalue weighted by Gasteiger charge is 2.38. The SMILES string of the molecule is Fc1ccc2c(c1)CC[C@@H](C1CC1)O2.Fc1ccc2c(c1)CC[C@@H](C1CC1)O2.Fc1ccc2c(c1)CC[C@H](C1CC1)O2.Fc1ccc2c(c1)CC[C@H]([C@H]1CO1)O2. The average molecular weight is 771 g/mol.